The molecule has 0 N–H and O–H groups in total. The van der Waals surface area contributed by atoms with Gasteiger partial charge in [-0.25, -0.2) is 0 Å². The van der Waals surface area contributed by atoms with Gasteiger partial charge in [0, 0.05) is 17.5 Å². The van der Waals surface area contributed by atoms with Crippen molar-refractivity contribution in [2.24, 2.45) is 0 Å². The molecule has 3 aromatic rings. The van der Waals surface area contributed by atoms with Crippen LogP contribution in [0, 0.1) is 6.92 Å². The number of aromatic nitrogens is 1. The maximum atomic E-state index is 4.53. The van der Waals surface area contributed by atoms with Crippen LogP contribution < -0.4 is 0 Å². The quantitative estimate of drug-likeness (QED) is 0.621. The van der Waals surface area contributed by atoms with E-state index in [2.05, 4.69) is 60.4 Å². The Labute approximate surface area is 119 Å². The van der Waals surface area contributed by atoms with E-state index in [4.69, 9.17) is 0 Å². The monoisotopic (exact) mass is 259 g/mol. The summed E-state index contributed by atoms with van der Waals surface area (Å²) < 4.78 is 0. The fourth-order valence-electron chi connectivity index (χ4n) is 3.49. The molecule has 0 bridgehead atoms. The van der Waals surface area contributed by atoms with E-state index in [-0.39, 0.29) is 0 Å². The molecule has 0 amide bonds. The third kappa shape index (κ3) is 1.74. The van der Waals surface area contributed by atoms with Gasteiger partial charge >= 0.3 is 0 Å². The first-order chi connectivity index (χ1) is 9.83. The summed E-state index contributed by atoms with van der Waals surface area (Å²) in [5.74, 6) is 0.510. The minimum atomic E-state index is 0.510. The number of aryl methyl sites for hydroxylation is 2. The molecule has 0 radical (unpaired) electrons. The number of pyridine rings is 1. The lowest BCUT2D eigenvalue weighted by Crippen LogP contribution is -2.10. The highest BCUT2D eigenvalue weighted by Gasteiger charge is 2.23. The molecule has 0 saturated carbocycles. The van der Waals surface area contributed by atoms with E-state index in [0.717, 1.165) is 11.9 Å². The van der Waals surface area contributed by atoms with Crippen LogP contribution in [-0.4, -0.2) is 4.98 Å². The summed E-state index contributed by atoms with van der Waals surface area (Å²) in [5, 5.41) is 1.38. The lowest BCUT2D eigenvalue weighted by molar-refractivity contribution is 0.703. The van der Waals surface area contributed by atoms with Gasteiger partial charge in [-0.1, -0.05) is 42.0 Å². The molecule has 1 nitrogen and oxygen atoms in total. The van der Waals surface area contributed by atoms with E-state index in [9.17, 15) is 0 Å². The Morgan fingerprint density at radius 2 is 1.95 bits per heavy atom. The molecule has 1 heterocycles. The Morgan fingerprint density at radius 3 is 2.85 bits per heavy atom. The molecule has 0 fully saturated rings. The first-order valence-electron chi connectivity index (χ1n) is 7.26. The standard InChI is InChI=1S/C19H17N/c1-13-4-2-5-15(12-13)16-9-8-14-10-11-20-18-7-3-6-17(16)19(14)18/h2-7,10-12,16H,8-9H2,1H3. The fraction of sp³-hybridized carbons (Fsp3) is 0.211. The third-order valence-electron chi connectivity index (χ3n) is 4.41. The van der Waals surface area contributed by atoms with Crippen LogP contribution in [0.15, 0.2) is 54.7 Å². The molecule has 1 aliphatic rings. The van der Waals surface area contributed by atoms with E-state index >= 15 is 0 Å². The number of hydrogen-bond acceptors (Lipinski definition) is 1. The minimum Gasteiger partial charge on any atom is -0.256 e. The number of hydrogen-bond donors (Lipinski definition) is 0. The average Bonchev–Trinajstić information content (AvgIpc) is 2.48. The summed E-state index contributed by atoms with van der Waals surface area (Å²) in [6, 6.07) is 17.6. The van der Waals surface area contributed by atoms with Crippen molar-refractivity contribution in [1.29, 1.82) is 0 Å². The molecule has 2 aromatic carbocycles. The predicted molar refractivity (Wildman–Crippen MR) is 83.1 cm³/mol. The zero-order chi connectivity index (χ0) is 13.5. The molecule has 0 aliphatic heterocycles. The summed E-state index contributed by atoms with van der Waals surface area (Å²) in [6.07, 6.45) is 4.28. The van der Waals surface area contributed by atoms with Crippen LogP contribution in [0.5, 0.6) is 0 Å². The molecule has 0 spiro atoms. The maximum Gasteiger partial charge on any atom is 0.0707 e. The Morgan fingerprint density at radius 1 is 1.05 bits per heavy atom. The first kappa shape index (κ1) is 11.7. The van der Waals surface area contributed by atoms with Crippen molar-refractivity contribution >= 4 is 10.9 Å². The SMILES string of the molecule is Cc1cccc(C2CCc3ccnc4cccc2c34)c1. The van der Waals surface area contributed by atoms with Crippen LogP contribution >= 0.6 is 0 Å². The highest BCUT2D eigenvalue weighted by Crippen LogP contribution is 2.39. The Bertz CT molecular complexity index is 783. The van der Waals surface area contributed by atoms with Gasteiger partial charge in [0.25, 0.3) is 0 Å². The van der Waals surface area contributed by atoms with Gasteiger partial charge in [-0.05, 0) is 48.6 Å². The minimum absolute atomic E-state index is 0.510. The zero-order valence-electron chi connectivity index (χ0n) is 11.6. The largest absolute Gasteiger partial charge is 0.256 e. The molecular formula is C19H17N. The molecule has 98 valence electrons. The highest BCUT2D eigenvalue weighted by atomic mass is 14.6. The second-order valence-corrected chi connectivity index (χ2v) is 5.72. The van der Waals surface area contributed by atoms with Gasteiger partial charge in [-0.15, -0.1) is 0 Å². The summed E-state index contributed by atoms with van der Waals surface area (Å²) in [6.45, 7) is 2.17. The first-order valence-corrected chi connectivity index (χ1v) is 7.26. The molecule has 4 rings (SSSR count). The van der Waals surface area contributed by atoms with E-state index in [1.807, 2.05) is 6.20 Å². The molecule has 1 heteroatoms. The van der Waals surface area contributed by atoms with Crippen LogP contribution in [0.3, 0.4) is 0 Å². The van der Waals surface area contributed by atoms with Crippen LogP contribution in [0.4, 0.5) is 0 Å². The molecule has 1 aromatic heterocycles. The van der Waals surface area contributed by atoms with Crippen molar-refractivity contribution in [3.05, 3.63) is 77.0 Å². The van der Waals surface area contributed by atoms with E-state index in [1.54, 1.807) is 0 Å². The van der Waals surface area contributed by atoms with Gasteiger partial charge in [-0.3, -0.25) is 4.98 Å². The second-order valence-electron chi connectivity index (χ2n) is 5.72. The van der Waals surface area contributed by atoms with Crippen LogP contribution in [0.25, 0.3) is 10.9 Å². The third-order valence-corrected chi connectivity index (χ3v) is 4.41. The van der Waals surface area contributed by atoms with Crippen molar-refractivity contribution < 1.29 is 0 Å². The molecular weight excluding hydrogens is 242 g/mol. The molecule has 1 atom stereocenters. The van der Waals surface area contributed by atoms with Gasteiger partial charge in [0.05, 0.1) is 5.52 Å². The van der Waals surface area contributed by atoms with Crippen molar-refractivity contribution in [3.8, 4) is 0 Å². The summed E-state index contributed by atoms with van der Waals surface area (Å²) in [4.78, 5) is 4.53. The normalized spacial score (nSPS) is 17.4. The topological polar surface area (TPSA) is 12.9 Å². The van der Waals surface area contributed by atoms with Crippen LogP contribution in [0.2, 0.25) is 0 Å². The van der Waals surface area contributed by atoms with Crippen molar-refractivity contribution in [2.45, 2.75) is 25.7 Å². The second kappa shape index (κ2) is 4.45. The fourth-order valence-corrected chi connectivity index (χ4v) is 3.49. The van der Waals surface area contributed by atoms with Crippen molar-refractivity contribution in [2.75, 3.05) is 0 Å². The van der Waals surface area contributed by atoms with Crippen molar-refractivity contribution in [1.82, 2.24) is 4.98 Å². The van der Waals surface area contributed by atoms with Gasteiger partial charge in [0.2, 0.25) is 0 Å². The molecule has 1 unspecified atom stereocenters. The van der Waals surface area contributed by atoms with E-state index in [0.29, 0.717) is 5.92 Å². The summed E-state index contributed by atoms with van der Waals surface area (Å²) >= 11 is 0. The Kier molecular flexibility index (Phi) is 2.59. The summed E-state index contributed by atoms with van der Waals surface area (Å²) in [7, 11) is 0. The maximum absolute atomic E-state index is 4.53. The summed E-state index contributed by atoms with van der Waals surface area (Å²) in [5.41, 5.74) is 6.81. The predicted octanol–water partition coefficient (Wildman–Crippen LogP) is 4.62. The van der Waals surface area contributed by atoms with E-state index < -0.39 is 0 Å². The average molecular weight is 259 g/mol. The van der Waals surface area contributed by atoms with Gasteiger partial charge in [-0.2, -0.15) is 0 Å². The van der Waals surface area contributed by atoms with Gasteiger partial charge in [0.15, 0.2) is 0 Å². The lowest BCUT2D eigenvalue weighted by Gasteiger charge is -2.26. The Balaban J connectivity index is 1.96. The number of benzene rings is 2. The van der Waals surface area contributed by atoms with Crippen LogP contribution in [0.1, 0.15) is 34.6 Å². The smallest absolute Gasteiger partial charge is 0.0707 e. The van der Waals surface area contributed by atoms with Crippen LogP contribution in [-0.2, 0) is 6.42 Å². The van der Waals surface area contributed by atoms with Gasteiger partial charge < -0.3 is 0 Å². The number of rotatable bonds is 1. The zero-order valence-corrected chi connectivity index (χ0v) is 11.6. The molecule has 0 saturated heterocycles. The molecule has 1 aliphatic carbocycles. The molecule has 20 heavy (non-hydrogen) atoms. The number of nitrogens with zero attached hydrogens (tertiary/aromatic N) is 1. The van der Waals surface area contributed by atoms with Gasteiger partial charge in [0.1, 0.15) is 0 Å². The van der Waals surface area contributed by atoms with E-state index in [1.165, 1.54) is 34.1 Å². The Hall–Kier alpha value is -2.15. The highest BCUT2D eigenvalue weighted by molar-refractivity contribution is 5.87. The van der Waals surface area contributed by atoms with Crippen molar-refractivity contribution in [3.63, 3.8) is 0 Å². The lowest BCUT2D eigenvalue weighted by atomic mass is 9.78.